The van der Waals surface area contributed by atoms with Gasteiger partial charge < -0.3 is 10.6 Å². The molecule has 2 heteroatoms. The van der Waals surface area contributed by atoms with E-state index in [9.17, 15) is 0 Å². The van der Waals surface area contributed by atoms with Crippen molar-refractivity contribution in [3.05, 3.63) is 35.4 Å². The van der Waals surface area contributed by atoms with Crippen molar-refractivity contribution < 1.29 is 0 Å². The zero-order chi connectivity index (χ0) is 14.1. The molecular weight excluding hydrogens is 232 g/mol. The predicted molar refractivity (Wildman–Crippen MR) is 84.3 cm³/mol. The third kappa shape index (κ3) is 5.33. The molecular formula is C17H30N2. The summed E-state index contributed by atoms with van der Waals surface area (Å²) in [5.41, 5.74) is 8.52. The molecule has 0 aliphatic carbocycles. The van der Waals surface area contributed by atoms with Gasteiger partial charge >= 0.3 is 0 Å². The fourth-order valence-corrected chi connectivity index (χ4v) is 2.44. The van der Waals surface area contributed by atoms with Gasteiger partial charge in [0.25, 0.3) is 0 Å². The summed E-state index contributed by atoms with van der Waals surface area (Å²) in [6.45, 7) is 9.89. The van der Waals surface area contributed by atoms with Crippen LogP contribution in [0.3, 0.4) is 0 Å². The van der Waals surface area contributed by atoms with Crippen LogP contribution in [-0.4, -0.2) is 24.0 Å². The van der Waals surface area contributed by atoms with Gasteiger partial charge in [0.05, 0.1) is 0 Å². The van der Waals surface area contributed by atoms with Crippen LogP contribution in [-0.2, 0) is 13.0 Å². The minimum absolute atomic E-state index is 0.647. The first-order valence-electron chi connectivity index (χ1n) is 7.73. The Kier molecular flexibility index (Phi) is 7.76. The summed E-state index contributed by atoms with van der Waals surface area (Å²) < 4.78 is 0. The van der Waals surface area contributed by atoms with Crippen LogP contribution < -0.4 is 5.73 Å². The molecule has 0 saturated carbocycles. The summed E-state index contributed by atoms with van der Waals surface area (Å²) in [6, 6.07) is 9.24. The van der Waals surface area contributed by atoms with E-state index in [1.165, 1.54) is 36.9 Å². The zero-order valence-corrected chi connectivity index (χ0v) is 12.9. The lowest BCUT2D eigenvalue weighted by Crippen LogP contribution is -2.35. The molecule has 1 unspecified atom stereocenters. The first-order valence-corrected chi connectivity index (χ1v) is 7.73. The molecule has 2 N–H and O–H groups in total. The van der Waals surface area contributed by atoms with Gasteiger partial charge in [-0.3, -0.25) is 0 Å². The second-order valence-electron chi connectivity index (χ2n) is 5.37. The molecule has 1 aromatic carbocycles. The second-order valence-corrected chi connectivity index (χ2v) is 5.37. The maximum Gasteiger partial charge on any atom is 0.0180 e. The number of nitrogens with zero attached hydrogens (tertiary/aromatic N) is 1. The van der Waals surface area contributed by atoms with Crippen LogP contribution >= 0.6 is 0 Å². The Balaban J connectivity index is 2.59. The summed E-state index contributed by atoms with van der Waals surface area (Å²) in [5.74, 6) is 0. The van der Waals surface area contributed by atoms with E-state index in [0.717, 1.165) is 13.0 Å². The largest absolute Gasteiger partial charge is 0.326 e. The Morgan fingerprint density at radius 1 is 1.11 bits per heavy atom. The molecule has 0 heterocycles. The van der Waals surface area contributed by atoms with Gasteiger partial charge in [0.1, 0.15) is 0 Å². The summed E-state index contributed by atoms with van der Waals surface area (Å²) in [4.78, 5) is 2.62. The highest BCUT2D eigenvalue weighted by molar-refractivity contribution is 5.27. The van der Waals surface area contributed by atoms with Crippen LogP contribution in [0.5, 0.6) is 0 Å². The Morgan fingerprint density at radius 2 is 1.79 bits per heavy atom. The average Bonchev–Trinajstić information content (AvgIpc) is 2.47. The standard InChI is InChI=1S/C17H30N2/c1-4-6-12-19(15(3)5-2)13-11-16-9-7-8-10-17(16)14-18/h7-10,15H,4-6,11-14,18H2,1-3H3. The van der Waals surface area contributed by atoms with Crippen molar-refractivity contribution in [2.45, 2.75) is 59.0 Å². The van der Waals surface area contributed by atoms with Gasteiger partial charge in [0, 0.05) is 19.1 Å². The van der Waals surface area contributed by atoms with E-state index in [1.54, 1.807) is 0 Å². The van der Waals surface area contributed by atoms with Crippen molar-refractivity contribution in [1.82, 2.24) is 4.90 Å². The molecule has 0 spiro atoms. The van der Waals surface area contributed by atoms with Crippen molar-refractivity contribution in [3.63, 3.8) is 0 Å². The highest BCUT2D eigenvalue weighted by atomic mass is 15.1. The maximum atomic E-state index is 5.81. The molecule has 0 fully saturated rings. The number of rotatable bonds is 9. The maximum absolute atomic E-state index is 5.81. The van der Waals surface area contributed by atoms with Crippen LogP contribution in [0.25, 0.3) is 0 Å². The Labute approximate surface area is 119 Å². The molecule has 0 aliphatic rings. The third-order valence-corrected chi connectivity index (χ3v) is 4.02. The van der Waals surface area contributed by atoms with Crippen molar-refractivity contribution in [2.24, 2.45) is 5.73 Å². The fourth-order valence-electron chi connectivity index (χ4n) is 2.44. The van der Waals surface area contributed by atoms with Gasteiger partial charge in [-0.05, 0) is 43.9 Å². The minimum atomic E-state index is 0.647. The molecule has 1 rings (SSSR count). The second kappa shape index (κ2) is 9.11. The van der Waals surface area contributed by atoms with E-state index in [2.05, 4.69) is 49.9 Å². The van der Waals surface area contributed by atoms with Gasteiger partial charge in [0.2, 0.25) is 0 Å². The number of unbranched alkanes of at least 4 members (excludes halogenated alkanes) is 1. The lowest BCUT2D eigenvalue weighted by atomic mass is 10.0. The summed E-state index contributed by atoms with van der Waals surface area (Å²) in [7, 11) is 0. The van der Waals surface area contributed by atoms with E-state index >= 15 is 0 Å². The normalized spacial score (nSPS) is 12.9. The first-order chi connectivity index (χ1) is 9.22. The van der Waals surface area contributed by atoms with Crippen molar-refractivity contribution >= 4 is 0 Å². The number of hydrogen-bond donors (Lipinski definition) is 1. The van der Waals surface area contributed by atoms with E-state index in [-0.39, 0.29) is 0 Å². The van der Waals surface area contributed by atoms with Crippen LogP contribution in [0, 0.1) is 0 Å². The third-order valence-electron chi connectivity index (χ3n) is 4.02. The van der Waals surface area contributed by atoms with E-state index in [4.69, 9.17) is 5.73 Å². The van der Waals surface area contributed by atoms with Crippen LogP contribution in [0.4, 0.5) is 0 Å². The molecule has 0 radical (unpaired) electrons. The van der Waals surface area contributed by atoms with Crippen molar-refractivity contribution in [3.8, 4) is 0 Å². The van der Waals surface area contributed by atoms with Crippen molar-refractivity contribution in [1.29, 1.82) is 0 Å². The van der Waals surface area contributed by atoms with Gasteiger partial charge in [-0.25, -0.2) is 0 Å². The molecule has 0 aromatic heterocycles. The lowest BCUT2D eigenvalue weighted by Gasteiger charge is -2.28. The number of benzene rings is 1. The molecule has 0 saturated heterocycles. The molecule has 19 heavy (non-hydrogen) atoms. The molecule has 2 nitrogen and oxygen atoms in total. The van der Waals surface area contributed by atoms with Gasteiger partial charge in [-0.2, -0.15) is 0 Å². The molecule has 1 atom stereocenters. The average molecular weight is 262 g/mol. The Morgan fingerprint density at radius 3 is 2.37 bits per heavy atom. The van der Waals surface area contributed by atoms with Crippen molar-refractivity contribution in [2.75, 3.05) is 13.1 Å². The quantitative estimate of drug-likeness (QED) is 0.737. The highest BCUT2D eigenvalue weighted by Crippen LogP contribution is 2.12. The summed E-state index contributed by atoms with van der Waals surface area (Å²) in [5, 5.41) is 0. The predicted octanol–water partition coefficient (Wildman–Crippen LogP) is 3.59. The Hall–Kier alpha value is -0.860. The SMILES string of the molecule is CCCCN(CCc1ccccc1CN)C(C)CC. The Bertz CT molecular complexity index is 349. The molecule has 0 aliphatic heterocycles. The van der Waals surface area contributed by atoms with E-state index < -0.39 is 0 Å². The van der Waals surface area contributed by atoms with E-state index in [0.29, 0.717) is 12.6 Å². The number of hydrogen-bond acceptors (Lipinski definition) is 2. The highest BCUT2D eigenvalue weighted by Gasteiger charge is 2.12. The minimum Gasteiger partial charge on any atom is -0.326 e. The van der Waals surface area contributed by atoms with Crippen LogP contribution in [0.2, 0.25) is 0 Å². The first kappa shape index (κ1) is 16.2. The molecule has 108 valence electrons. The lowest BCUT2D eigenvalue weighted by molar-refractivity contribution is 0.203. The smallest absolute Gasteiger partial charge is 0.0180 e. The summed E-state index contributed by atoms with van der Waals surface area (Å²) >= 11 is 0. The summed E-state index contributed by atoms with van der Waals surface area (Å²) in [6.07, 6.45) is 4.90. The van der Waals surface area contributed by atoms with Gasteiger partial charge in [-0.1, -0.05) is 44.5 Å². The van der Waals surface area contributed by atoms with Crippen LogP contribution in [0.1, 0.15) is 51.2 Å². The molecule has 1 aromatic rings. The van der Waals surface area contributed by atoms with Crippen LogP contribution in [0.15, 0.2) is 24.3 Å². The zero-order valence-electron chi connectivity index (χ0n) is 12.9. The van der Waals surface area contributed by atoms with E-state index in [1.807, 2.05) is 0 Å². The van der Waals surface area contributed by atoms with Gasteiger partial charge in [0.15, 0.2) is 0 Å². The monoisotopic (exact) mass is 262 g/mol. The number of nitrogens with two attached hydrogens (primary N) is 1. The molecule has 0 bridgehead atoms. The fraction of sp³-hybridized carbons (Fsp3) is 0.647. The molecule has 0 amide bonds. The topological polar surface area (TPSA) is 29.3 Å². The van der Waals surface area contributed by atoms with Gasteiger partial charge in [-0.15, -0.1) is 0 Å².